The van der Waals surface area contributed by atoms with Gasteiger partial charge in [-0.1, -0.05) is 0 Å². The van der Waals surface area contributed by atoms with Gasteiger partial charge in [0.1, 0.15) is 0 Å². The Morgan fingerprint density at radius 3 is 2.55 bits per heavy atom. The Morgan fingerprint density at radius 1 is 1.27 bits per heavy atom. The molecule has 8 heteroatoms. The van der Waals surface area contributed by atoms with Crippen molar-refractivity contribution < 1.29 is 13.2 Å². The molecule has 0 aliphatic carbocycles. The Morgan fingerprint density at radius 2 is 2.00 bits per heavy atom. The SMILES string of the molecule is O=C(C1CCS(=O)(=O)C1)N1CCN(Cc2ccc(Br)s2)CC1. The number of thiophene rings is 1. The highest BCUT2D eigenvalue weighted by Crippen LogP contribution is 2.24. The van der Waals surface area contributed by atoms with Gasteiger partial charge in [-0.2, -0.15) is 0 Å². The van der Waals surface area contributed by atoms with E-state index in [1.165, 1.54) is 4.88 Å². The normalized spacial score (nSPS) is 25.5. The van der Waals surface area contributed by atoms with Crippen LogP contribution in [-0.2, 0) is 21.2 Å². The predicted molar refractivity (Wildman–Crippen MR) is 90.6 cm³/mol. The van der Waals surface area contributed by atoms with Crippen LogP contribution < -0.4 is 0 Å². The minimum Gasteiger partial charge on any atom is -0.340 e. The zero-order valence-corrected chi connectivity index (χ0v) is 15.4. The molecular weight excluding hydrogens is 388 g/mol. The predicted octanol–water partition coefficient (Wildman–Crippen LogP) is 1.59. The fraction of sp³-hybridized carbons (Fsp3) is 0.643. The summed E-state index contributed by atoms with van der Waals surface area (Å²) in [5, 5.41) is 0. The first-order chi connectivity index (χ1) is 10.4. The van der Waals surface area contributed by atoms with E-state index in [0.717, 1.165) is 23.4 Å². The Kier molecular flexibility index (Phi) is 4.92. The second kappa shape index (κ2) is 6.59. The van der Waals surface area contributed by atoms with Crippen LogP contribution >= 0.6 is 27.3 Å². The molecule has 0 aromatic carbocycles. The number of amides is 1. The average Bonchev–Trinajstić information content (AvgIpc) is 3.04. The van der Waals surface area contributed by atoms with Crippen LogP contribution in [0.15, 0.2) is 15.9 Å². The van der Waals surface area contributed by atoms with Crippen LogP contribution in [0.3, 0.4) is 0 Å². The van der Waals surface area contributed by atoms with E-state index in [2.05, 4.69) is 33.0 Å². The number of nitrogens with zero attached hydrogens (tertiary/aromatic N) is 2. The van der Waals surface area contributed by atoms with Crippen molar-refractivity contribution in [3.05, 3.63) is 20.8 Å². The number of hydrogen-bond donors (Lipinski definition) is 0. The molecular formula is C14H19BrN2O3S2. The van der Waals surface area contributed by atoms with Gasteiger partial charge in [-0.3, -0.25) is 9.69 Å². The molecule has 1 aromatic rings. The van der Waals surface area contributed by atoms with E-state index in [4.69, 9.17) is 0 Å². The van der Waals surface area contributed by atoms with Crippen molar-refractivity contribution in [2.75, 3.05) is 37.7 Å². The van der Waals surface area contributed by atoms with Crippen LogP contribution in [0.4, 0.5) is 0 Å². The average molecular weight is 407 g/mol. The lowest BCUT2D eigenvalue weighted by atomic mass is 10.1. The standard InChI is InChI=1S/C14H19BrN2O3S2/c15-13-2-1-12(21-13)9-16-4-6-17(7-5-16)14(18)11-3-8-22(19,20)10-11/h1-2,11H,3-10H2. The summed E-state index contributed by atoms with van der Waals surface area (Å²) in [6, 6.07) is 4.18. The molecule has 1 atom stereocenters. The molecule has 2 saturated heterocycles. The third-order valence-electron chi connectivity index (χ3n) is 4.27. The van der Waals surface area contributed by atoms with Gasteiger partial charge in [-0.25, -0.2) is 8.42 Å². The first kappa shape index (κ1) is 16.4. The monoisotopic (exact) mass is 406 g/mol. The number of carbonyl (C=O) groups is 1. The van der Waals surface area contributed by atoms with Crippen molar-refractivity contribution >= 4 is 43.0 Å². The Hall–Kier alpha value is -0.440. The van der Waals surface area contributed by atoms with Gasteiger partial charge in [0.2, 0.25) is 5.91 Å². The molecule has 2 fully saturated rings. The van der Waals surface area contributed by atoms with Crippen molar-refractivity contribution in [2.24, 2.45) is 5.92 Å². The van der Waals surface area contributed by atoms with Crippen LogP contribution in [0, 0.1) is 5.92 Å². The number of carbonyl (C=O) groups excluding carboxylic acids is 1. The van der Waals surface area contributed by atoms with Crippen LogP contribution in [0.1, 0.15) is 11.3 Å². The van der Waals surface area contributed by atoms with Crippen molar-refractivity contribution in [3.63, 3.8) is 0 Å². The first-order valence-electron chi connectivity index (χ1n) is 7.39. The summed E-state index contributed by atoms with van der Waals surface area (Å²) in [6.45, 7) is 4.00. The van der Waals surface area contributed by atoms with E-state index < -0.39 is 9.84 Å². The fourth-order valence-electron chi connectivity index (χ4n) is 3.03. The molecule has 3 rings (SSSR count). The highest BCUT2D eigenvalue weighted by molar-refractivity contribution is 9.11. The molecule has 0 bridgehead atoms. The molecule has 1 amide bonds. The number of sulfone groups is 1. The zero-order chi connectivity index (χ0) is 15.7. The van der Waals surface area contributed by atoms with Crippen LogP contribution in [-0.4, -0.2) is 61.8 Å². The Balaban J connectivity index is 1.50. The molecule has 0 saturated carbocycles. The van der Waals surface area contributed by atoms with Crippen molar-refractivity contribution in [1.82, 2.24) is 9.80 Å². The topological polar surface area (TPSA) is 57.7 Å². The van der Waals surface area contributed by atoms with Gasteiger partial charge in [0.05, 0.1) is 21.2 Å². The summed E-state index contributed by atoms with van der Waals surface area (Å²) in [5.74, 6) is -0.0873. The van der Waals surface area contributed by atoms with E-state index in [-0.39, 0.29) is 23.3 Å². The number of rotatable bonds is 3. The van der Waals surface area contributed by atoms with E-state index in [1.807, 2.05) is 4.90 Å². The lowest BCUT2D eigenvalue weighted by molar-refractivity contribution is -0.136. The molecule has 0 radical (unpaired) electrons. The maximum Gasteiger partial charge on any atom is 0.226 e. The van der Waals surface area contributed by atoms with Gasteiger partial charge in [0.15, 0.2) is 9.84 Å². The summed E-state index contributed by atoms with van der Waals surface area (Å²) in [6.07, 6.45) is 0.491. The molecule has 3 heterocycles. The lowest BCUT2D eigenvalue weighted by Crippen LogP contribution is -2.50. The summed E-state index contributed by atoms with van der Waals surface area (Å²) < 4.78 is 24.1. The number of hydrogen-bond acceptors (Lipinski definition) is 5. The van der Waals surface area contributed by atoms with Gasteiger partial charge < -0.3 is 4.90 Å². The summed E-state index contributed by atoms with van der Waals surface area (Å²) in [5.41, 5.74) is 0. The summed E-state index contributed by atoms with van der Waals surface area (Å²) >= 11 is 5.21. The number of halogens is 1. The van der Waals surface area contributed by atoms with Crippen LogP contribution in [0.2, 0.25) is 0 Å². The minimum atomic E-state index is -2.99. The quantitative estimate of drug-likeness (QED) is 0.764. The molecule has 22 heavy (non-hydrogen) atoms. The molecule has 0 N–H and O–H groups in total. The molecule has 2 aliphatic heterocycles. The molecule has 5 nitrogen and oxygen atoms in total. The highest BCUT2D eigenvalue weighted by Gasteiger charge is 2.36. The third-order valence-corrected chi connectivity index (χ3v) is 7.65. The number of piperazine rings is 1. The molecule has 1 aromatic heterocycles. The lowest BCUT2D eigenvalue weighted by Gasteiger charge is -2.35. The second-order valence-corrected chi connectivity index (χ2v) is 10.7. The maximum atomic E-state index is 12.4. The van der Waals surface area contributed by atoms with E-state index in [1.54, 1.807) is 11.3 Å². The summed E-state index contributed by atoms with van der Waals surface area (Å²) in [4.78, 5) is 17.9. The van der Waals surface area contributed by atoms with Gasteiger partial charge in [-0.05, 0) is 34.5 Å². The summed E-state index contributed by atoms with van der Waals surface area (Å²) in [7, 11) is -2.99. The van der Waals surface area contributed by atoms with Gasteiger partial charge in [0.25, 0.3) is 0 Å². The third kappa shape index (κ3) is 3.90. The fourth-order valence-corrected chi connectivity index (χ4v) is 6.29. The molecule has 1 unspecified atom stereocenters. The van der Waals surface area contributed by atoms with E-state index in [0.29, 0.717) is 19.5 Å². The Bertz CT molecular complexity index is 651. The van der Waals surface area contributed by atoms with Crippen molar-refractivity contribution in [1.29, 1.82) is 0 Å². The maximum absolute atomic E-state index is 12.4. The molecule has 2 aliphatic rings. The Labute approximate surface area is 143 Å². The largest absolute Gasteiger partial charge is 0.340 e. The van der Waals surface area contributed by atoms with Crippen LogP contribution in [0.25, 0.3) is 0 Å². The van der Waals surface area contributed by atoms with Gasteiger partial charge >= 0.3 is 0 Å². The highest BCUT2D eigenvalue weighted by atomic mass is 79.9. The van der Waals surface area contributed by atoms with Crippen molar-refractivity contribution in [2.45, 2.75) is 13.0 Å². The van der Waals surface area contributed by atoms with E-state index >= 15 is 0 Å². The van der Waals surface area contributed by atoms with Crippen LogP contribution in [0.5, 0.6) is 0 Å². The second-order valence-electron chi connectivity index (χ2n) is 5.91. The minimum absolute atomic E-state index is 0.0274. The van der Waals surface area contributed by atoms with E-state index in [9.17, 15) is 13.2 Å². The smallest absolute Gasteiger partial charge is 0.226 e. The zero-order valence-electron chi connectivity index (χ0n) is 12.2. The molecule has 0 spiro atoms. The van der Waals surface area contributed by atoms with Gasteiger partial charge in [0, 0.05) is 37.6 Å². The first-order valence-corrected chi connectivity index (χ1v) is 10.8. The molecule has 122 valence electrons. The van der Waals surface area contributed by atoms with Gasteiger partial charge in [-0.15, -0.1) is 11.3 Å². The van der Waals surface area contributed by atoms with Crippen molar-refractivity contribution in [3.8, 4) is 0 Å².